The van der Waals surface area contributed by atoms with Gasteiger partial charge in [-0.2, -0.15) is 10.4 Å². The molecule has 0 radical (unpaired) electrons. The van der Waals surface area contributed by atoms with Crippen LogP contribution < -0.4 is 5.43 Å². The lowest BCUT2D eigenvalue weighted by molar-refractivity contribution is 0.780. The van der Waals surface area contributed by atoms with Gasteiger partial charge >= 0.3 is 0 Å². The number of nitrogens with zero attached hydrogens (tertiary/aromatic N) is 3. The molecule has 1 aromatic heterocycles. The fourth-order valence-corrected chi connectivity index (χ4v) is 1.89. The summed E-state index contributed by atoms with van der Waals surface area (Å²) in [4.78, 5) is 11.5. The van der Waals surface area contributed by atoms with E-state index < -0.39 is 0 Å². The van der Waals surface area contributed by atoms with Gasteiger partial charge in [-0.3, -0.25) is 4.79 Å². The van der Waals surface area contributed by atoms with Crippen LogP contribution in [0.15, 0.2) is 35.1 Å². The number of rotatable bonds is 2. The molecule has 0 aliphatic carbocycles. The van der Waals surface area contributed by atoms with Gasteiger partial charge in [0, 0.05) is 11.8 Å². The van der Waals surface area contributed by atoms with E-state index in [4.69, 9.17) is 5.26 Å². The fraction of sp³-hybridized carbons (Fsp3) is 0.214. The van der Waals surface area contributed by atoms with E-state index in [0.29, 0.717) is 0 Å². The third kappa shape index (κ3) is 2.03. The van der Waals surface area contributed by atoms with Gasteiger partial charge in [-0.25, -0.2) is 4.68 Å². The van der Waals surface area contributed by atoms with Crippen molar-refractivity contribution in [2.75, 3.05) is 0 Å². The Morgan fingerprint density at radius 3 is 2.78 bits per heavy atom. The molecule has 0 amide bonds. The number of nitriles is 1. The van der Waals surface area contributed by atoms with Gasteiger partial charge in [-0.15, -0.1) is 0 Å². The molecule has 2 rings (SSSR count). The van der Waals surface area contributed by atoms with E-state index in [2.05, 4.69) is 12.0 Å². The molecule has 0 spiro atoms. The number of hydrogen-bond acceptors (Lipinski definition) is 3. The maximum atomic E-state index is 11.5. The third-order valence-electron chi connectivity index (χ3n) is 2.81. The highest BCUT2D eigenvalue weighted by Gasteiger charge is 2.09. The molecule has 4 nitrogen and oxygen atoms in total. The quantitative estimate of drug-likeness (QED) is 0.805. The topological polar surface area (TPSA) is 58.7 Å². The zero-order chi connectivity index (χ0) is 13.1. The molecule has 0 aliphatic heterocycles. The number of aryl methyl sites for hydroxylation is 2. The predicted molar refractivity (Wildman–Crippen MR) is 68.7 cm³/mol. The summed E-state index contributed by atoms with van der Waals surface area (Å²) in [7, 11) is 0. The van der Waals surface area contributed by atoms with Crippen LogP contribution in [0.25, 0.3) is 5.69 Å². The number of benzene rings is 1. The molecular weight excluding hydrogens is 226 g/mol. The summed E-state index contributed by atoms with van der Waals surface area (Å²) < 4.78 is 1.65. The Labute approximate surface area is 105 Å². The van der Waals surface area contributed by atoms with Crippen LogP contribution in [0.2, 0.25) is 0 Å². The van der Waals surface area contributed by atoms with Crippen LogP contribution in [-0.2, 0) is 6.42 Å². The summed E-state index contributed by atoms with van der Waals surface area (Å²) >= 11 is 0. The monoisotopic (exact) mass is 239 g/mol. The molecule has 1 heterocycles. The Morgan fingerprint density at radius 2 is 2.11 bits per heavy atom. The minimum Gasteiger partial charge on any atom is -0.287 e. The average Bonchev–Trinajstić information content (AvgIpc) is 2.39. The van der Waals surface area contributed by atoms with Crippen LogP contribution in [0.1, 0.15) is 23.9 Å². The van der Waals surface area contributed by atoms with Gasteiger partial charge in [-0.05, 0) is 25.0 Å². The first kappa shape index (κ1) is 12.1. The van der Waals surface area contributed by atoms with Gasteiger partial charge in [0.1, 0.15) is 6.07 Å². The van der Waals surface area contributed by atoms with E-state index in [9.17, 15) is 4.79 Å². The predicted octanol–water partition coefficient (Wildman–Crippen LogP) is 1.98. The lowest BCUT2D eigenvalue weighted by Gasteiger charge is -2.12. The van der Waals surface area contributed by atoms with Gasteiger partial charge in [0.15, 0.2) is 0 Å². The van der Waals surface area contributed by atoms with Crippen molar-refractivity contribution < 1.29 is 0 Å². The maximum absolute atomic E-state index is 11.5. The molecule has 0 atom stereocenters. The second-order valence-corrected chi connectivity index (χ2v) is 4.00. The van der Waals surface area contributed by atoms with Crippen LogP contribution in [0.5, 0.6) is 0 Å². The fourth-order valence-electron chi connectivity index (χ4n) is 1.89. The Bertz CT molecular complexity index is 680. The highest BCUT2D eigenvalue weighted by atomic mass is 16.1. The zero-order valence-electron chi connectivity index (χ0n) is 10.3. The van der Waals surface area contributed by atoms with Crippen LogP contribution in [-0.4, -0.2) is 9.78 Å². The van der Waals surface area contributed by atoms with E-state index in [1.807, 2.05) is 37.3 Å². The third-order valence-corrected chi connectivity index (χ3v) is 2.81. The van der Waals surface area contributed by atoms with Crippen LogP contribution in [0.3, 0.4) is 0 Å². The molecule has 4 heteroatoms. The molecule has 2 aromatic rings. The first-order valence-electron chi connectivity index (χ1n) is 5.76. The summed E-state index contributed by atoms with van der Waals surface area (Å²) in [5, 5.41) is 13.0. The van der Waals surface area contributed by atoms with Crippen molar-refractivity contribution in [3.8, 4) is 11.8 Å². The molecule has 90 valence electrons. The van der Waals surface area contributed by atoms with Crippen LogP contribution in [0, 0.1) is 18.3 Å². The van der Waals surface area contributed by atoms with E-state index in [0.717, 1.165) is 23.4 Å². The molecular formula is C14H13N3O. The molecule has 0 saturated carbocycles. The molecule has 0 aliphatic rings. The van der Waals surface area contributed by atoms with Gasteiger partial charge < -0.3 is 0 Å². The largest absolute Gasteiger partial charge is 0.287 e. The maximum Gasteiger partial charge on any atom is 0.218 e. The smallest absolute Gasteiger partial charge is 0.218 e. The Morgan fingerprint density at radius 1 is 1.39 bits per heavy atom. The van der Waals surface area contributed by atoms with E-state index in [-0.39, 0.29) is 11.1 Å². The van der Waals surface area contributed by atoms with Crippen molar-refractivity contribution in [2.45, 2.75) is 20.3 Å². The molecule has 0 fully saturated rings. The Hall–Kier alpha value is -2.41. The summed E-state index contributed by atoms with van der Waals surface area (Å²) in [6, 6.07) is 11.1. The molecule has 18 heavy (non-hydrogen) atoms. The second kappa shape index (κ2) is 4.84. The first-order chi connectivity index (χ1) is 8.67. The SMILES string of the molecule is CCc1ccccc1-n1nc(C#N)c(=O)cc1C. The van der Waals surface area contributed by atoms with Crippen LogP contribution in [0.4, 0.5) is 0 Å². The summed E-state index contributed by atoms with van der Waals surface area (Å²) in [5.41, 5.74) is 2.35. The second-order valence-electron chi connectivity index (χ2n) is 4.00. The lowest BCUT2D eigenvalue weighted by atomic mass is 10.1. The van der Waals surface area contributed by atoms with Crippen molar-refractivity contribution in [1.29, 1.82) is 5.26 Å². The normalized spacial score (nSPS) is 10.1. The number of para-hydroxylation sites is 1. The number of aromatic nitrogens is 2. The highest BCUT2D eigenvalue weighted by molar-refractivity contribution is 5.41. The van der Waals surface area contributed by atoms with E-state index in [1.165, 1.54) is 6.07 Å². The minimum atomic E-state index is -0.333. The Kier molecular flexibility index (Phi) is 3.24. The first-order valence-corrected chi connectivity index (χ1v) is 5.76. The Balaban J connectivity index is 2.72. The van der Waals surface area contributed by atoms with Crippen molar-refractivity contribution in [2.24, 2.45) is 0 Å². The average molecular weight is 239 g/mol. The van der Waals surface area contributed by atoms with Crippen molar-refractivity contribution in [1.82, 2.24) is 9.78 Å². The van der Waals surface area contributed by atoms with E-state index in [1.54, 1.807) is 4.68 Å². The summed E-state index contributed by atoms with van der Waals surface area (Å²) in [6.07, 6.45) is 0.866. The summed E-state index contributed by atoms with van der Waals surface area (Å²) in [6.45, 7) is 3.86. The minimum absolute atomic E-state index is 0.0773. The summed E-state index contributed by atoms with van der Waals surface area (Å²) in [5.74, 6) is 0. The van der Waals surface area contributed by atoms with Gasteiger partial charge in [0.2, 0.25) is 11.1 Å². The van der Waals surface area contributed by atoms with Crippen molar-refractivity contribution in [3.63, 3.8) is 0 Å². The van der Waals surface area contributed by atoms with Crippen LogP contribution >= 0.6 is 0 Å². The molecule has 0 unspecified atom stereocenters. The van der Waals surface area contributed by atoms with Crippen molar-refractivity contribution in [3.05, 3.63) is 57.5 Å². The van der Waals surface area contributed by atoms with E-state index >= 15 is 0 Å². The molecule has 1 aromatic carbocycles. The number of hydrogen-bond donors (Lipinski definition) is 0. The molecule has 0 N–H and O–H groups in total. The zero-order valence-corrected chi connectivity index (χ0v) is 10.3. The molecule has 0 bridgehead atoms. The lowest BCUT2D eigenvalue weighted by Crippen LogP contribution is -2.17. The standard InChI is InChI=1S/C14H13N3O/c1-3-11-6-4-5-7-13(11)17-10(2)8-14(18)12(9-15)16-17/h4-8H,3H2,1-2H3. The van der Waals surface area contributed by atoms with Gasteiger partial charge in [0.25, 0.3) is 0 Å². The van der Waals surface area contributed by atoms with Gasteiger partial charge in [0.05, 0.1) is 5.69 Å². The van der Waals surface area contributed by atoms with Crippen molar-refractivity contribution >= 4 is 0 Å². The highest BCUT2D eigenvalue weighted by Crippen LogP contribution is 2.15. The van der Waals surface area contributed by atoms with Gasteiger partial charge in [-0.1, -0.05) is 25.1 Å². The molecule has 0 saturated heterocycles.